The van der Waals surface area contributed by atoms with E-state index in [0.29, 0.717) is 17.0 Å². The molecule has 1 saturated carbocycles. The molecule has 1 fully saturated rings. The van der Waals surface area contributed by atoms with Gasteiger partial charge in [-0.3, -0.25) is 4.79 Å². The molecule has 0 radical (unpaired) electrons. The summed E-state index contributed by atoms with van der Waals surface area (Å²) in [6.45, 7) is 6.59. The predicted molar refractivity (Wildman–Crippen MR) is 148 cm³/mol. The second-order valence-electron chi connectivity index (χ2n) is 12.1. The van der Waals surface area contributed by atoms with Crippen molar-refractivity contribution in [1.82, 2.24) is 15.6 Å². The van der Waals surface area contributed by atoms with Crippen molar-refractivity contribution in [1.29, 1.82) is 0 Å². The summed E-state index contributed by atoms with van der Waals surface area (Å²) in [5, 5.41) is 17.6. The van der Waals surface area contributed by atoms with E-state index in [2.05, 4.69) is 48.4 Å². The Labute approximate surface area is 230 Å². The number of hydrogen-bond acceptors (Lipinski definition) is 6. The summed E-state index contributed by atoms with van der Waals surface area (Å²) in [4.78, 5) is 17.1. The number of fused-ring (bicyclic) bond motifs is 1. The minimum absolute atomic E-state index is 0.0746. The third kappa shape index (κ3) is 7.36. The van der Waals surface area contributed by atoms with Crippen LogP contribution >= 0.6 is 0 Å². The summed E-state index contributed by atoms with van der Waals surface area (Å²) in [6, 6.07) is 5.72. The molecule has 0 saturated heterocycles. The first kappa shape index (κ1) is 29.0. The lowest BCUT2D eigenvalue weighted by Crippen LogP contribution is -2.52. The highest BCUT2D eigenvalue weighted by Gasteiger charge is 2.46. The van der Waals surface area contributed by atoms with Crippen molar-refractivity contribution in [2.45, 2.75) is 83.1 Å². The monoisotopic (exact) mass is 537 g/mol. The van der Waals surface area contributed by atoms with Gasteiger partial charge in [0.15, 0.2) is 0 Å². The smallest absolute Gasteiger partial charge is 0.246 e. The second-order valence-corrected chi connectivity index (χ2v) is 12.1. The van der Waals surface area contributed by atoms with Crippen molar-refractivity contribution in [3.05, 3.63) is 58.5 Å². The number of ether oxygens (including phenoxy) is 2. The summed E-state index contributed by atoms with van der Waals surface area (Å²) >= 11 is 0. The number of nitrogens with zero attached hydrogens (tertiary/aromatic N) is 1. The van der Waals surface area contributed by atoms with Crippen LogP contribution in [0.4, 0.5) is 4.39 Å². The minimum atomic E-state index is -1.01. The number of aliphatic hydroxyl groups excluding tert-OH is 1. The Balaban J connectivity index is 1.53. The van der Waals surface area contributed by atoms with Crippen LogP contribution in [0.25, 0.3) is 0 Å². The first-order valence-electron chi connectivity index (χ1n) is 13.6. The van der Waals surface area contributed by atoms with Crippen LogP contribution in [0, 0.1) is 23.6 Å². The molecule has 2 aromatic rings. The van der Waals surface area contributed by atoms with Crippen molar-refractivity contribution in [2.75, 3.05) is 20.3 Å². The van der Waals surface area contributed by atoms with Crippen LogP contribution in [-0.4, -0.2) is 54.0 Å². The molecule has 8 heteroatoms. The minimum Gasteiger partial charge on any atom is -0.471 e. The number of halogens is 1. The summed E-state index contributed by atoms with van der Waals surface area (Å²) in [5.41, 5.74) is 2.85. The van der Waals surface area contributed by atoms with Gasteiger partial charge >= 0.3 is 0 Å². The lowest BCUT2D eigenvalue weighted by atomic mass is 9.73. The van der Waals surface area contributed by atoms with Gasteiger partial charge in [0.25, 0.3) is 0 Å². The van der Waals surface area contributed by atoms with Crippen LogP contribution in [-0.2, 0) is 22.4 Å². The van der Waals surface area contributed by atoms with Crippen molar-refractivity contribution in [2.24, 2.45) is 5.41 Å². The molecule has 0 unspecified atom stereocenters. The number of benzene rings is 1. The lowest BCUT2D eigenvalue weighted by Gasteiger charge is -2.47. The van der Waals surface area contributed by atoms with Gasteiger partial charge in [0.1, 0.15) is 18.0 Å². The van der Waals surface area contributed by atoms with Gasteiger partial charge in [-0.1, -0.05) is 26.7 Å². The van der Waals surface area contributed by atoms with Crippen LogP contribution in [0.2, 0.25) is 0 Å². The standard InChI is InChI=1S/C31H40FN3O4/c1-6-20-8-9-24(32)22(12-20)14-25(35-28(37)19-38-5)27(36)18-33-26-16-31(10-7-11-31)39-29-23(26)13-21(17-34-29)15-30(2,3)4/h1,8-9,12-13,17,25-27,33,36H,7,10-11,14-16,18-19H2,2-5H3,(H,35,37)/t25-,26-,27+/m0/s1. The lowest BCUT2D eigenvalue weighted by molar-refractivity contribution is -0.126. The molecular weight excluding hydrogens is 497 g/mol. The average Bonchev–Trinajstić information content (AvgIpc) is 2.86. The highest BCUT2D eigenvalue weighted by molar-refractivity contribution is 5.77. The van der Waals surface area contributed by atoms with E-state index in [4.69, 9.17) is 15.9 Å². The fourth-order valence-electron chi connectivity index (χ4n) is 5.47. The highest BCUT2D eigenvalue weighted by Crippen LogP contribution is 2.48. The van der Waals surface area contributed by atoms with Gasteiger partial charge in [-0.05, 0) is 72.9 Å². The second kappa shape index (κ2) is 12.0. The maximum absolute atomic E-state index is 14.6. The number of nitrogens with one attached hydrogen (secondary N) is 2. The molecule has 3 atom stereocenters. The van der Waals surface area contributed by atoms with Crippen molar-refractivity contribution >= 4 is 5.91 Å². The Kier molecular flexibility index (Phi) is 8.95. The van der Waals surface area contributed by atoms with Gasteiger partial charge in [0.05, 0.1) is 12.1 Å². The van der Waals surface area contributed by atoms with E-state index in [1.807, 2.05) is 6.20 Å². The zero-order chi connectivity index (χ0) is 28.2. The number of aromatic nitrogens is 1. The largest absolute Gasteiger partial charge is 0.471 e. The number of hydrogen-bond donors (Lipinski definition) is 3. The van der Waals surface area contributed by atoms with Gasteiger partial charge in [-0.2, -0.15) is 0 Å². The zero-order valence-corrected chi connectivity index (χ0v) is 23.4. The van der Waals surface area contributed by atoms with Crippen LogP contribution < -0.4 is 15.4 Å². The van der Waals surface area contributed by atoms with Crippen LogP contribution in [0.5, 0.6) is 5.88 Å². The van der Waals surface area contributed by atoms with Crippen LogP contribution in [0.1, 0.15) is 74.8 Å². The maximum atomic E-state index is 14.6. The van der Waals surface area contributed by atoms with Gasteiger partial charge in [-0.25, -0.2) is 9.37 Å². The van der Waals surface area contributed by atoms with E-state index < -0.39 is 23.9 Å². The molecular formula is C31H40FN3O4. The summed E-state index contributed by atoms with van der Waals surface area (Å²) in [7, 11) is 1.42. The van der Waals surface area contributed by atoms with E-state index in [1.54, 1.807) is 6.07 Å². The van der Waals surface area contributed by atoms with Gasteiger partial charge in [0, 0.05) is 43.4 Å². The Bertz CT molecular complexity index is 1220. The first-order chi connectivity index (χ1) is 18.5. The summed E-state index contributed by atoms with van der Waals surface area (Å²) in [5.74, 6) is 2.31. The van der Waals surface area contributed by atoms with E-state index in [0.717, 1.165) is 43.2 Å². The molecule has 1 spiro atoms. The number of terminal acetylenes is 1. The SMILES string of the molecule is C#Cc1ccc(F)c(C[C@H](NC(=O)COC)[C@H](O)CN[C@H]2CC3(CCC3)Oc3ncc(CC(C)(C)C)cc32)c1. The quantitative estimate of drug-likeness (QED) is 0.399. The predicted octanol–water partition coefficient (Wildman–Crippen LogP) is 3.86. The molecule has 1 aliphatic carbocycles. The summed E-state index contributed by atoms with van der Waals surface area (Å²) < 4.78 is 25.9. The maximum Gasteiger partial charge on any atom is 0.246 e. The van der Waals surface area contributed by atoms with Crippen LogP contribution in [0.15, 0.2) is 30.5 Å². The highest BCUT2D eigenvalue weighted by atomic mass is 19.1. The Morgan fingerprint density at radius 1 is 1.36 bits per heavy atom. The molecule has 210 valence electrons. The van der Waals surface area contributed by atoms with Crippen molar-refractivity contribution in [3.8, 4) is 18.2 Å². The van der Waals surface area contributed by atoms with E-state index >= 15 is 0 Å². The van der Waals surface area contributed by atoms with Gasteiger partial charge in [0.2, 0.25) is 11.8 Å². The molecule has 2 aliphatic rings. The van der Waals surface area contributed by atoms with Gasteiger partial charge in [-0.15, -0.1) is 6.42 Å². The molecule has 7 nitrogen and oxygen atoms in total. The van der Waals surface area contributed by atoms with E-state index in [1.165, 1.54) is 19.2 Å². The van der Waals surface area contributed by atoms with Crippen molar-refractivity contribution < 1.29 is 23.8 Å². The topological polar surface area (TPSA) is 92.7 Å². The van der Waals surface area contributed by atoms with E-state index in [9.17, 15) is 14.3 Å². The fraction of sp³-hybridized carbons (Fsp3) is 0.548. The van der Waals surface area contributed by atoms with Crippen LogP contribution in [0.3, 0.4) is 0 Å². The molecule has 2 heterocycles. The molecule has 39 heavy (non-hydrogen) atoms. The third-order valence-electron chi connectivity index (χ3n) is 7.51. The number of aliphatic hydroxyl groups is 1. The zero-order valence-electron chi connectivity index (χ0n) is 23.4. The van der Waals surface area contributed by atoms with E-state index in [-0.39, 0.29) is 36.6 Å². The molecule has 1 aromatic carbocycles. The molecule has 0 bridgehead atoms. The number of pyridine rings is 1. The summed E-state index contributed by atoms with van der Waals surface area (Å²) in [6.07, 6.45) is 11.2. The number of carbonyl (C=O) groups is 1. The molecule has 1 aromatic heterocycles. The van der Waals surface area contributed by atoms with Crippen molar-refractivity contribution in [3.63, 3.8) is 0 Å². The molecule has 1 amide bonds. The average molecular weight is 538 g/mol. The third-order valence-corrected chi connectivity index (χ3v) is 7.51. The first-order valence-corrected chi connectivity index (χ1v) is 13.6. The molecule has 4 rings (SSSR count). The number of methoxy groups -OCH3 is 1. The number of amides is 1. The molecule has 3 N–H and O–H groups in total. The Morgan fingerprint density at radius 3 is 2.77 bits per heavy atom. The fourth-order valence-corrected chi connectivity index (χ4v) is 5.47. The normalized spacial score (nSPS) is 19.3. The Morgan fingerprint density at radius 2 is 2.13 bits per heavy atom. The Hall–Kier alpha value is -2.99. The van der Waals surface area contributed by atoms with Gasteiger partial charge < -0.3 is 25.2 Å². The number of carbonyl (C=O) groups excluding carboxylic acids is 1. The molecule has 1 aliphatic heterocycles. The number of rotatable bonds is 10.